The third-order valence-corrected chi connectivity index (χ3v) is 2.58. The summed E-state index contributed by atoms with van der Waals surface area (Å²) in [4.78, 5) is 26.8. The van der Waals surface area contributed by atoms with E-state index in [2.05, 4.69) is 4.99 Å². The number of hydrogen-bond donors (Lipinski definition) is 0. The molecule has 2 rings (SSSR count). The van der Waals surface area contributed by atoms with Crippen LogP contribution >= 0.6 is 0 Å². The SMILES string of the molecule is Cn1c2c(c(=O)n(C)c1=O)CC(C(F)F)=N2. The second kappa shape index (κ2) is 3.36. The Morgan fingerprint density at radius 2 is 1.88 bits per heavy atom. The minimum absolute atomic E-state index is 0.0448. The molecule has 5 nitrogen and oxygen atoms in total. The van der Waals surface area contributed by atoms with E-state index in [1.165, 1.54) is 14.1 Å². The third kappa shape index (κ3) is 1.31. The molecule has 1 aliphatic heterocycles. The van der Waals surface area contributed by atoms with Gasteiger partial charge in [-0.15, -0.1) is 0 Å². The molecule has 0 aliphatic carbocycles. The monoisotopic (exact) mass is 229 g/mol. The van der Waals surface area contributed by atoms with Crippen molar-refractivity contribution in [3.8, 4) is 0 Å². The van der Waals surface area contributed by atoms with Crippen LogP contribution in [-0.4, -0.2) is 21.3 Å². The largest absolute Gasteiger partial charge is 0.332 e. The van der Waals surface area contributed by atoms with E-state index >= 15 is 0 Å². The molecule has 0 saturated heterocycles. The highest BCUT2D eigenvalue weighted by atomic mass is 19.3. The number of rotatable bonds is 1. The Morgan fingerprint density at radius 1 is 1.25 bits per heavy atom. The first-order valence-corrected chi connectivity index (χ1v) is 4.58. The standard InChI is InChI=1S/C9H9F2N3O2/c1-13-7-4(3-5(12-7)6(10)11)8(15)14(2)9(13)16/h6H,3H2,1-2H3. The number of halogens is 2. The minimum atomic E-state index is -2.70. The van der Waals surface area contributed by atoms with Gasteiger partial charge in [0.05, 0.1) is 11.3 Å². The Hall–Kier alpha value is -1.79. The molecule has 86 valence electrons. The number of fused-ring (bicyclic) bond motifs is 1. The lowest BCUT2D eigenvalue weighted by Gasteiger charge is -2.05. The molecule has 16 heavy (non-hydrogen) atoms. The predicted octanol–water partition coefficient (Wildman–Crippen LogP) is -0.0223. The van der Waals surface area contributed by atoms with E-state index < -0.39 is 17.7 Å². The van der Waals surface area contributed by atoms with E-state index in [0.717, 1.165) is 9.13 Å². The maximum absolute atomic E-state index is 12.4. The Balaban J connectivity index is 2.73. The van der Waals surface area contributed by atoms with Crippen LogP contribution in [0, 0.1) is 0 Å². The van der Waals surface area contributed by atoms with Gasteiger partial charge in [-0.3, -0.25) is 13.9 Å². The molecule has 1 aromatic rings. The van der Waals surface area contributed by atoms with Crippen LogP contribution < -0.4 is 11.2 Å². The number of aromatic nitrogens is 2. The number of alkyl halides is 2. The summed E-state index contributed by atoms with van der Waals surface area (Å²) in [5.74, 6) is 0.0448. The Labute approximate surface area is 88.7 Å². The molecule has 0 unspecified atom stereocenters. The van der Waals surface area contributed by atoms with Crippen molar-refractivity contribution in [2.45, 2.75) is 12.8 Å². The number of hydrogen-bond acceptors (Lipinski definition) is 3. The van der Waals surface area contributed by atoms with Crippen LogP contribution in [-0.2, 0) is 20.5 Å². The van der Waals surface area contributed by atoms with E-state index in [9.17, 15) is 18.4 Å². The van der Waals surface area contributed by atoms with Gasteiger partial charge in [-0.25, -0.2) is 18.6 Å². The Bertz CT molecular complexity index is 598. The van der Waals surface area contributed by atoms with Gasteiger partial charge >= 0.3 is 5.69 Å². The lowest BCUT2D eigenvalue weighted by Crippen LogP contribution is -2.38. The van der Waals surface area contributed by atoms with Crippen molar-refractivity contribution in [1.82, 2.24) is 9.13 Å². The predicted molar refractivity (Wildman–Crippen MR) is 53.7 cm³/mol. The highest BCUT2D eigenvalue weighted by Crippen LogP contribution is 2.23. The van der Waals surface area contributed by atoms with E-state index in [4.69, 9.17) is 0 Å². The molecule has 1 aromatic heterocycles. The van der Waals surface area contributed by atoms with Gasteiger partial charge in [0.25, 0.3) is 12.0 Å². The zero-order valence-corrected chi connectivity index (χ0v) is 8.70. The van der Waals surface area contributed by atoms with Gasteiger partial charge in [0, 0.05) is 20.5 Å². The van der Waals surface area contributed by atoms with Crippen molar-refractivity contribution in [1.29, 1.82) is 0 Å². The summed E-state index contributed by atoms with van der Waals surface area (Å²) < 4.78 is 26.9. The van der Waals surface area contributed by atoms with Crippen LogP contribution in [0.1, 0.15) is 5.56 Å². The summed E-state index contributed by atoms with van der Waals surface area (Å²) in [5.41, 5.74) is -1.34. The molecule has 0 fully saturated rings. The van der Waals surface area contributed by atoms with Gasteiger partial charge in [0.2, 0.25) is 0 Å². The van der Waals surface area contributed by atoms with Crippen LogP contribution in [0.15, 0.2) is 14.6 Å². The van der Waals surface area contributed by atoms with E-state index in [0.29, 0.717) is 0 Å². The van der Waals surface area contributed by atoms with E-state index in [1.54, 1.807) is 0 Å². The van der Waals surface area contributed by atoms with E-state index in [-0.39, 0.29) is 23.5 Å². The second-order valence-electron chi connectivity index (χ2n) is 3.59. The molecule has 0 aromatic carbocycles. The molecule has 0 radical (unpaired) electrons. The zero-order valence-electron chi connectivity index (χ0n) is 8.70. The first-order chi connectivity index (χ1) is 7.43. The van der Waals surface area contributed by atoms with Crippen molar-refractivity contribution in [2.75, 3.05) is 0 Å². The third-order valence-electron chi connectivity index (χ3n) is 2.58. The molecule has 2 heterocycles. The fourth-order valence-electron chi connectivity index (χ4n) is 1.68. The average Bonchev–Trinajstić information content (AvgIpc) is 2.68. The van der Waals surface area contributed by atoms with Crippen molar-refractivity contribution >= 4 is 11.5 Å². The summed E-state index contributed by atoms with van der Waals surface area (Å²) in [5, 5.41) is 0. The normalized spacial score (nSPS) is 14.2. The summed E-state index contributed by atoms with van der Waals surface area (Å²) in [7, 11) is 2.71. The summed E-state index contributed by atoms with van der Waals surface area (Å²) >= 11 is 0. The Kier molecular flexibility index (Phi) is 2.25. The second-order valence-corrected chi connectivity index (χ2v) is 3.59. The maximum Gasteiger partial charge on any atom is 0.332 e. The van der Waals surface area contributed by atoms with Crippen LogP contribution in [0.4, 0.5) is 14.6 Å². The lowest BCUT2D eigenvalue weighted by atomic mass is 10.2. The highest BCUT2D eigenvalue weighted by Gasteiger charge is 2.27. The first kappa shape index (κ1) is 10.7. The van der Waals surface area contributed by atoms with Crippen molar-refractivity contribution in [3.63, 3.8) is 0 Å². The molecule has 1 aliphatic rings. The van der Waals surface area contributed by atoms with Gasteiger partial charge in [-0.05, 0) is 0 Å². The molecule has 0 spiro atoms. The van der Waals surface area contributed by atoms with Crippen molar-refractivity contribution < 1.29 is 8.78 Å². The summed E-state index contributed by atoms with van der Waals surface area (Å²) in [6, 6.07) is 0. The van der Waals surface area contributed by atoms with Crippen LogP contribution in [0.2, 0.25) is 0 Å². The quantitative estimate of drug-likeness (QED) is 0.679. The maximum atomic E-state index is 12.4. The van der Waals surface area contributed by atoms with Gasteiger partial charge in [-0.2, -0.15) is 0 Å². The minimum Gasteiger partial charge on any atom is -0.281 e. The smallest absolute Gasteiger partial charge is 0.281 e. The zero-order chi connectivity index (χ0) is 12.0. The molecule has 7 heteroatoms. The Morgan fingerprint density at radius 3 is 2.44 bits per heavy atom. The van der Waals surface area contributed by atoms with Crippen LogP contribution in [0.5, 0.6) is 0 Å². The molecule has 0 amide bonds. The molecule has 0 N–H and O–H groups in total. The fraction of sp³-hybridized carbons (Fsp3) is 0.444. The fourth-order valence-corrected chi connectivity index (χ4v) is 1.68. The lowest BCUT2D eigenvalue weighted by molar-refractivity contribution is 0.224. The van der Waals surface area contributed by atoms with Gasteiger partial charge in [0.15, 0.2) is 0 Å². The summed E-state index contributed by atoms with van der Waals surface area (Å²) in [6.07, 6.45) is -2.89. The highest BCUT2D eigenvalue weighted by molar-refractivity contribution is 5.95. The topological polar surface area (TPSA) is 56.4 Å². The summed E-state index contributed by atoms with van der Waals surface area (Å²) in [6.45, 7) is 0. The molecule has 0 atom stereocenters. The number of nitrogens with zero attached hydrogens (tertiary/aromatic N) is 3. The molecule has 0 bridgehead atoms. The van der Waals surface area contributed by atoms with Crippen molar-refractivity contribution in [2.24, 2.45) is 19.1 Å². The molecule has 0 saturated carbocycles. The van der Waals surface area contributed by atoms with E-state index in [1.807, 2.05) is 0 Å². The van der Waals surface area contributed by atoms with Crippen molar-refractivity contribution in [3.05, 3.63) is 26.4 Å². The molecular formula is C9H9F2N3O2. The van der Waals surface area contributed by atoms with Gasteiger partial charge in [0.1, 0.15) is 5.82 Å². The van der Waals surface area contributed by atoms with Crippen LogP contribution in [0.25, 0.3) is 0 Å². The average molecular weight is 229 g/mol. The first-order valence-electron chi connectivity index (χ1n) is 4.58. The van der Waals surface area contributed by atoms with Crippen LogP contribution in [0.3, 0.4) is 0 Å². The number of aliphatic imine (C=N–C) groups is 1. The molecular weight excluding hydrogens is 220 g/mol. The van der Waals surface area contributed by atoms with Gasteiger partial charge in [-0.1, -0.05) is 0 Å². The van der Waals surface area contributed by atoms with Gasteiger partial charge < -0.3 is 0 Å².